The van der Waals surface area contributed by atoms with Crippen molar-refractivity contribution in [3.05, 3.63) is 11.9 Å². The topological polar surface area (TPSA) is 70.3 Å². The van der Waals surface area contributed by atoms with Gasteiger partial charge in [-0.05, 0) is 20.3 Å². The van der Waals surface area contributed by atoms with Crippen LogP contribution in [-0.4, -0.2) is 22.7 Å². The molecule has 0 aliphatic carbocycles. The third-order valence-electron chi connectivity index (χ3n) is 2.22. The summed E-state index contributed by atoms with van der Waals surface area (Å²) in [5.74, 6) is 1.49. The van der Waals surface area contributed by atoms with Crippen LogP contribution in [0, 0.1) is 0 Å². The average Bonchev–Trinajstić information content (AvgIpc) is 2.25. The Balaban J connectivity index is 2.67. The Morgan fingerprint density at radius 3 is 2.76 bits per heavy atom. The number of ether oxygens (including phenoxy) is 2. The third kappa shape index (κ3) is 4.99. The normalized spacial score (nSPS) is 12.4. The van der Waals surface area contributed by atoms with Crippen molar-refractivity contribution >= 4 is 5.82 Å². The fourth-order valence-corrected chi connectivity index (χ4v) is 1.48. The molecule has 96 valence electrons. The molecule has 0 bridgehead atoms. The second-order valence-electron chi connectivity index (χ2n) is 3.90. The summed E-state index contributed by atoms with van der Waals surface area (Å²) in [6.07, 6.45) is 2.20. The van der Waals surface area contributed by atoms with Crippen molar-refractivity contribution in [2.24, 2.45) is 0 Å². The van der Waals surface area contributed by atoms with Gasteiger partial charge in [-0.1, -0.05) is 13.3 Å². The molecule has 17 heavy (non-hydrogen) atoms. The summed E-state index contributed by atoms with van der Waals surface area (Å²) in [5, 5.41) is 0. The summed E-state index contributed by atoms with van der Waals surface area (Å²) in [6.45, 7) is 7.05. The minimum atomic E-state index is 0.134. The van der Waals surface area contributed by atoms with Gasteiger partial charge in [-0.2, -0.15) is 4.98 Å². The van der Waals surface area contributed by atoms with Crippen molar-refractivity contribution < 1.29 is 9.47 Å². The average molecular weight is 239 g/mol. The van der Waals surface area contributed by atoms with E-state index in [9.17, 15) is 0 Å². The number of anilines is 1. The molecule has 1 aromatic rings. The largest absolute Gasteiger partial charge is 0.475 e. The molecule has 0 radical (unpaired) electrons. The first-order valence-electron chi connectivity index (χ1n) is 6.03. The molecule has 5 heteroatoms. The molecule has 0 amide bonds. The molecule has 0 aliphatic rings. The summed E-state index contributed by atoms with van der Waals surface area (Å²) in [5.41, 5.74) is 5.69. The van der Waals surface area contributed by atoms with E-state index in [0.29, 0.717) is 30.7 Å². The van der Waals surface area contributed by atoms with E-state index in [1.165, 1.54) is 0 Å². The number of nitrogens with two attached hydrogens (primary N) is 1. The van der Waals surface area contributed by atoms with Crippen LogP contribution >= 0.6 is 0 Å². The van der Waals surface area contributed by atoms with Gasteiger partial charge < -0.3 is 15.2 Å². The first-order chi connectivity index (χ1) is 8.15. The van der Waals surface area contributed by atoms with Crippen LogP contribution in [0.5, 0.6) is 5.88 Å². The first-order valence-corrected chi connectivity index (χ1v) is 6.03. The van der Waals surface area contributed by atoms with Gasteiger partial charge in [0.15, 0.2) is 5.82 Å². The Labute approximate surface area is 102 Å². The molecule has 0 fully saturated rings. The summed E-state index contributed by atoms with van der Waals surface area (Å²) in [4.78, 5) is 8.34. The highest BCUT2D eigenvalue weighted by Crippen LogP contribution is 2.14. The van der Waals surface area contributed by atoms with E-state index in [0.717, 1.165) is 12.8 Å². The van der Waals surface area contributed by atoms with Gasteiger partial charge in [0.1, 0.15) is 12.4 Å². The third-order valence-corrected chi connectivity index (χ3v) is 2.22. The van der Waals surface area contributed by atoms with E-state index in [1.54, 1.807) is 6.07 Å². The Morgan fingerprint density at radius 1 is 1.35 bits per heavy atom. The smallest absolute Gasteiger partial charge is 0.219 e. The van der Waals surface area contributed by atoms with Crippen molar-refractivity contribution in [1.82, 2.24) is 9.97 Å². The first kappa shape index (κ1) is 13.7. The Morgan fingerprint density at radius 2 is 2.12 bits per heavy atom. The highest BCUT2D eigenvalue weighted by molar-refractivity contribution is 5.32. The van der Waals surface area contributed by atoms with Crippen LogP contribution in [0.15, 0.2) is 6.07 Å². The SMILES string of the molecule is CCCC(C)Oc1cc(N)nc(COCC)n1. The number of nitrogens with zero attached hydrogens (tertiary/aromatic N) is 2. The lowest BCUT2D eigenvalue weighted by atomic mass is 10.2. The molecule has 5 nitrogen and oxygen atoms in total. The highest BCUT2D eigenvalue weighted by atomic mass is 16.5. The van der Waals surface area contributed by atoms with E-state index in [1.807, 2.05) is 13.8 Å². The zero-order valence-corrected chi connectivity index (χ0v) is 10.8. The van der Waals surface area contributed by atoms with Crippen molar-refractivity contribution in [3.8, 4) is 5.88 Å². The zero-order valence-electron chi connectivity index (χ0n) is 10.8. The van der Waals surface area contributed by atoms with Crippen LogP contribution in [0.25, 0.3) is 0 Å². The monoisotopic (exact) mass is 239 g/mol. The number of rotatable bonds is 7. The summed E-state index contributed by atoms with van der Waals surface area (Å²) in [7, 11) is 0. The van der Waals surface area contributed by atoms with Gasteiger partial charge in [-0.25, -0.2) is 4.98 Å². The van der Waals surface area contributed by atoms with Gasteiger partial charge in [0.05, 0.1) is 6.10 Å². The van der Waals surface area contributed by atoms with Crippen LogP contribution in [0.2, 0.25) is 0 Å². The van der Waals surface area contributed by atoms with E-state index in [2.05, 4.69) is 16.9 Å². The molecule has 0 aliphatic heterocycles. The Bertz CT molecular complexity index is 345. The van der Waals surface area contributed by atoms with Gasteiger partial charge in [-0.15, -0.1) is 0 Å². The molecule has 0 saturated carbocycles. The maximum atomic E-state index is 5.69. The number of nitrogen functional groups attached to an aromatic ring is 1. The van der Waals surface area contributed by atoms with Gasteiger partial charge in [0, 0.05) is 12.7 Å². The van der Waals surface area contributed by atoms with Crippen LogP contribution in [-0.2, 0) is 11.3 Å². The minimum Gasteiger partial charge on any atom is -0.475 e. The predicted molar refractivity (Wildman–Crippen MR) is 66.8 cm³/mol. The number of aromatic nitrogens is 2. The molecule has 0 spiro atoms. The van der Waals surface area contributed by atoms with E-state index >= 15 is 0 Å². The molecule has 1 heterocycles. The van der Waals surface area contributed by atoms with Crippen molar-refractivity contribution in [3.63, 3.8) is 0 Å². The molecular formula is C12H21N3O2. The second kappa shape index (κ2) is 7.06. The van der Waals surface area contributed by atoms with E-state index in [4.69, 9.17) is 15.2 Å². The summed E-state index contributed by atoms with van der Waals surface area (Å²) >= 11 is 0. The van der Waals surface area contributed by atoms with Crippen LogP contribution < -0.4 is 10.5 Å². The van der Waals surface area contributed by atoms with Crippen molar-refractivity contribution in [2.75, 3.05) is 12.3 Å². The van der Waals surface area contributed by atoms with Gasteiger partial charge in [0.2, 0.25) is 5.88 Å². The fourth-order valence-electron chi connectivity index (χ4n) is 1.48. The lowest BCUT2D eigenvalue weighted by Gasteiger charge is -2.13. The van der Waals surface area contributed by atoms with Gasteiger partial charge in [0.25, 0.3) is 0 Å². The van der Waals surface area contributed by atoms with Crippen molar-refractivity contribution in [1.29, 1.82) is 0 Å². The molecule has 1 unspecified atom stereocenters. The molecule has 1 rings (SSSR count). The molecule has 0 aromatic carbocycles. The van der Waals surface area contributed by atoms with Crippen LogP contribution in [0.3, 0.4) is 0 Å². The molecule has 0 saturated heterocycles. The molecule has 1 atom stereocenters. The quantitative estimate of drug-likeness (QED) is 0.789. The highest BCUT2D eigenvalue weighted by Gasteiger charge is 2.07. The van der Waals surface area contributed by atoms with Gasteiger partial charge in [-0.3, -0.25) is 0 Å². The predicted octanol–water partition coefficient (Wildman–Crippen LogP) is 2.16. The molecule has 2 N–H and O–H groups in total. The maximum Gasteiger partial charge on any atom is 0.219 e. The number of hydrogen-bond acceptors (Lipinski definition) is 5. The fraction of sp³-hybridized carbons (Fsp3) is 0.667. The standard InChI is InChI=1S/C12H21N3O2/c1-4-6-9(3)17-12-7-10(13)14-11(15-12)8-16-5-2/h7,9H,4-6,8H2,1-3H3,(H2,13,14,15). The molecular weight excluding hydrogens is 218 g/mol. The lowest BCUT2D eigenvalue weighted by Crippen LogP contribution is -2.13. The summed E-state index contributed by atoms with van der Waals surface area (Å²) < 4.78 is 10.9. The van der Waals surface area contributed by atoms with Gasteiger partial charge >= 0.3 is 0 Å². The Hall–Kier alpha value is -1.36. The summed E-state index contributed by atoms with van der Waals surface area (Å²) in [6, 6.07) is 1.64. The van der Waals surface area contributed by atoms with Crippen molar-refractivity contribution in [2.45, 2.75) is 46.3 Å². The van der Waals surface area contributed by atoms with E-state index in [-0.39, 0.29) is 6.10 Å². The number of hydrogen-bond donors (Lipinski definition) is 1. The van der Waals surface area contributed by atoms with E-state index < -0.39 is 0 Å². The zero-order chi connectivity index (χ0) is 12.7. The lowest BCUT2D eigenvalue weighted by molar-refractivity contribution is 0.126. The maximum absolute atomic E-state index is 5.69. The minimum absolute atomic E-state index is 0.134. The second-order valence-corrected chi connectivity index (χ2v) is 3.90. The van der Waals surface area contributed by atoms with Crippen LogP contribution in [0.1, 0.15) is 39.4 Å². The van der Waals surface area contributed by atoms with Crippen LogP contribution in [0.4, 0.5) is 5.82 Å². The molecule has 1 aromatic heterocycles. The Kier molecular flexibility index (Phi) is 5.69.